The Kier molecular flexibility index (Phi) is 8.06. The fourth-order valence-corrected chi connectivity index (χ4v) is 3.71. The third-order valence-electron chi connectivity index (χ3n) is 4.15. The molecular weight excluding hydrogens is 426 g/mol. The Morgan fingerprint density at radius 2 is 2.00 bits per heavy atom. The van der Waals surface area contributed by atoms with Crippen molar-refractivity contribution in [3.63, 3.8) is 0 Å². The van der Waals surface area contributed by atoms with Gasteiger partial charge in [-0.25, -0.2) is 0 Å². The third kappa shape index (κ3) is 5.71. The molecule has 8 nitrogen and oxygen atoms in total. The number of benzene rings is 1. The van der Waals surface area contributed by atoms with Crippen molar-refractivity contribution >= 4 is 35.0 Å². The van der Waals surface area contributed by atoms with Crippen molar-refractivity contribution in [1.82, 2.24) is 19.7 Å². The standard InChI is InChI=1S/C20H22ClN5O3S/c1-28-11-3-10-26-19(14-6-8-22-9-7-14)24-25-20(26)30-13-18(27)23-16-12-15(21)4-5-17(16)29-2/h4-9,12H,3,10-11,13H2,1-2H3,(H,23,27). The van der Waals surface area contributed by atoms with Gasteiger partial charge in [0.15, 0.2) is 11.0 Å². The monoisotopic (exact) mass is 447 g/mol. The van der Waals surface area contributed by atoms with E-state index in [0.717, 1.165) is 17.8 Å². The van der Waals surface area contributed by atoms with Crippen LogP contribution in [0, 0.1) is 0 Å². The van der Waals surface area contributed by atoms with Crippen LogP contribution in [0.15, 0.2) is 47.9 Å². The Morgan fingerprint density at radius 3 is 2.73 bits per heavy atom. The zero-order valence-corrected chi connectivity index (χ0v) is 18.2. The normalized spacial score (nSPS) is 10.8. The molecule has 0 aliphatic rings. The number of amides is 1. The predicted octanol–water partition coefficient (Wildman–Crippen LogP) is 3.77. The lowest BCUT2D eigenvalue weighted by molar-refractivity contribution is -0.113. The molecule has 3 rings (SSSR count). The van der Waals surface area contributed by atoms with Crippen LogP contribution in [0.3, 0.4) is 0 Å². The summed E-state index contributed by atoms with van der Waals surface area (Å²) >= 11 is 7.34. The lowest BCUT2D eigenvalue weighted by Crippen LogP contribution is -2.15. The Balaban J connectivity index is 1.72. The summed E-state index contributed by atoms with van der Waals surface area (Å²) in [7, 11) is 3.21. The molecule has 0 radical (unpaired) electrons. The average molecular weight is 448 g/mol. The van der Waals surface area contributed by atoms with Crippen LogP contribution in [-0.4, -0.2) is 52.2 Å². The van der Waals surface area contributed by atoms with E-state index >= 15 is 0 Å². The fraction of sp³-hybridized carbons (Fsp3) is 0.300. The van der Waals surface area contributed by atoms with Crippen molar-refractivity contribution in [2.75, 3.05) is 31.9 Å². The van der Waals surface area contributed by atoms with Crippen molar-refractivity contribution in [3.8, 4) is 17.1 Å². The Bertz CT molecular complexity index is 984. The minimum absolute atomic E-state index is 0.161. The van der Waals surface area contributed by atoms with Crippen LogP contribution in [0.2, 0.25) is 5.02 Å². The van der Waals surface area contributed by atoms with E-state index in [1.165, 1.54) is 18.9 Å². The molecule has 0 saturated heterocycles. The van der Waals surface area contributed by atoms with Gasteiger partial charge < -0.3 is 19.4 Å². The van der Waals surface area contributed by atoms with Gasteiger partial charge in [0.1, 0.15) is 5.75 Å². The molecule has 0 atom stereocenters. The van der Waals surface area contributed by atoms with Crippen molar-refractivity contribution in [2.45, 2.75) is 18.1 Å². The maximum Gasteiger partial charge on any atom is 0.234 e. The third-order valence-corrected chi connectivity index (χ3v) is 5.36. The summed E-state index contributed by atoms with van der Waals surface area (Å²) < 4.78 is 12.4. The molecule has 30 heavy (non-hydrogen) atoms. The molecular formula is C20H22ClN5O3S. The molecule has 0 aliphatic heterocycles. The molecule has 3 aromatic rings. The van der Waals surface area contributed by atoms with Crippen molar-refractivity contribution in [2.24, 2.45) is 0 Å². The maximum absolute atomic E-state index is 12.5. The second-order valence-corrected chi connectivity index (χ2v) is 7.60. The number of hydrogen-bond donors (Lipinski definition) is 1. The zero-order valence-electron chi connectivity index (χ0n) is 16.7. The second kappa shape index (κ2) is 11.0. The highest BCUT2D eigenvalue weighted by molar-refractivity contribution is 7.99. The summed E-state index contributed by atoms with van der Waals surface area (Å²) in [6.07, 6.45) is 4.22. The van der Waals surface area contributed by atoms with E-state index in [9.17, 15) is 4.79 Å². The number of carbonyl (C=O) groups is 1. The molecule has 0 saturated carbocycles. The topological polar surface area (TPSA) is 91.2 Å². The van der Waals surface area contributed by atoms with Crippen molar-refractivity contribution in [1.29, 1.82) is 0 Å². The van der Waals surface area contributed by atoms with Gasteiger partial charge in [0.25, 0.3) is 0 Å². The number of ether oxygens (including phenoxy) is 2. The first kappa shape index (κ1) is 22.1. The maximum atomic E-state index is 12.5. The highest BCUT2D eigenvalue weighted by atomic mass is 35.5. The number of hydrogen-bond acceptors (Lipinski definition) is 7. The van der Waals surface area contributed by atoms with E-state index in [2.05, 4.69) is 20.5 Å². The highest BCUT2D eigenvalue weighted by Crippen LogP contribution is 2.28. The van der Waals surface area contributed by atoms with Gasteiger partial charge in [-0.1, -0.05) is 23.4 Å². The van der Waals surface area contributed by atoms with Gasteiger partial charge >= 0.3 is 0 Å². The average Bonchev–Trinajstić information content (AvgIpc) is 3.16. The van der Waals surface area contributed by atoms with Crippen LogP contribution in [0.25, 0.3) is 11.4 Å². The lowest BCUT2D eigenvalue weighted by Gasteiger charge is -2.11. The van der Waals surface area contributed by atoms with Gasteiger partial charge in [0.05, 0.1) is 18.6 Å². The summed E-state index contributed by atoms with van der Waals surface area (Å²) in [6.45, 7) is 1.29. The van der Waals surface area contributed by atoms with E-state index in [0.29, 0.717) is 34.8 Å². The molecule has 0 fully saturated rings. The number of rotatable bonds is 10. The molecule has 0 spiro atoms. The second-order valence-electron chi connectivity index (χ2n) is 6.22. The number of anilines is 1. The molecule has 0 unspecified atom stereocenters. The Labute approximate surface area is 184 Å². The SMILES string of the molecule is COCCCn1c(SCC(=O)Nc2cc(Cl)ccc2OC)nnc1-c1ccncc1. The highest BCUT2D eigenvalue weighted by Gasteiger charge is 2.16. The number of thioether (sulfide) groups is 1. The van der Waals surface area contributed by atoms with Gasteiger partial charge in [0, 0.05) is 43.2 Å². The zero-order chi connectivity index (χ0) is 21.3. The molecule has 0 bridgehead atoms. The number of nitrogens with one attached hydrogen (secondary N) is 1. The van der Waals surface area contributed by atoms with Gasteiger partial charge in [0.2, 0.25) is 5.91 Å². The van der Waals surface area contributed by atoms with Gasteiger partial charge in [-0.05, 0) is 36.8 Å². The van der Waals surface area contributed by atoms with Crippen LogP contribution in [0.5, 0.6) is 5.75 Å². The molecule has 2 aromatic heterocycles. The minimum atomic E-state index is -0.197. The van der Waals surface area contributed by atoms with Gasteiger partial charge in [-0.2, -0.15) is 0 Å². The van der Waals surface area contributed by atoms with E-state index in [1.54, 1.807) is 37.7 Å². The quantitative estimate of drug-likeness (QED) is 0.373. The molecule has 1 amide bonds. The molecule has 10 heteroatoms. The number of methoxy groups -OCH3 is 2. The summed E-state index contributed by atoms with van der Waals surface area (Å²) in [6, 6.07) is 8.82. The first-order chi connectivity index (χ1) is 14.6. The Morgan fingerprint density at radius 1 is 1.20 bits per heavy atom. The van der Waals surface area contributed by atoms with Crippen LogP contribution in [-0.2, 0) is 16.1 Å². The summed E-state index contributed by atoms with van der Waals surface area (Å²) in [4.78, 5) is 16.5. The lowest BCUT2D eigenvalue weighted by atomic mass is 10.2. The number of carbonyl (C=O) groups excluding carboxylic acids is 1. The summed E-state index contributed by atoms with van der Waals surface area (Å²) in [5.41, 5.74) is 1.43. The smallest absolute Gasteiger partial charge is 0.234 e. The summed E-state index contributed by atoms with van der Waals surface area (Å²) in [5, 5.41) is 12.6. The van der Waals surface area contributed by atoms with Crippen LogP contribution in [0.4, 0.5) is 5.69 Å². The van der Waals surface area contributed by atoms with Crippen molar-refractivity contribution < 1.29 is 14.3 Å². The van der Waals surface area contributed by atoms with Crippen LogP contribution < -0.4 is 10.1 Å². The first-order valence-corrected chi connectivity index (χ1v) is 10.6. The molecule has 2 heterocycles. The van der Waals surface area contributed by atoms with E-state index in [1.807, 2.05) is 16.7 Å². The number of pyridine rings is 1. The molecule has 0 aliphatic carbocycles. The molecule has 158 valence electrons. The van der Waals surface area contributed by atoms with E-state index in [-0.39, 0.29) is 11.7 Å². The predicted molar refractivity (Wildman–Crippen MR) is 117 cm³/mol. The van der Waals surface area contributed by atoms with Crippen LogP contribution in [0.1, 0.15) is 6.42 Å². The Hall–Kier alpha value is -2.62. The summed E-state index contributed by atoms with van der Waals surface area (Å²) in [5.74, 6) is 1.24. The largest absolute Gasteiger partial charge is 0.495 e. The fourth-order valence-electron chi connectivity index (χ4n) is 2.77. The minimum Gasteiger partial charge on any atom is -0.495 e. The van der Waals surface area contributed by atoms with E-state index in [4.69, 9.17) is 21.1 Å². The first-order valence-electron chi connectivity index (χ1n) is 9.21. The number of halogens is 1. The number of nitrogens with zero attached hydrogens (tertiary/aromatic N) is 4. The van der Waals surface area contributed by atoms with E-state index < -0.39 is 0 Å². The van der Waals surface area contributed by atoms with Gasteiger partial charge in [-0.15, -0.1) is 10.2 Å². The van der Waals surface area contributed by atoms with Gasteiger partial charge in [-0.3, -0.25) is 9.78 Å². The molecule has 1 aromatic carbocycles. The number of aromatic nitrogens is 4. The molecule has 1 N–H and O–H groups in total. The van der Waals surface area contributed by atoms with Crippen molar-refractivity contribution in [3.05, 3.63) is 47.7 Å². The van der Waals surface area contributed by atoms with Crippen LogP contribution >= 0.6 is 23.4 Å².